The lowest BCUT2D eigenvalue weighted by molar-refractivity contribution is 0.463. The van der Waals surface area contributed by atoms with Crippen LogP contribution in [0.15, 0.2) is 95.2 Å². The minimum Gasteiger partial charge on any atom is -0.507 e. The van der Waals surface area contributed by atoms with Crippen LogP contribution in [-0.2, 0) is 7.05 Å². The highest BCUT2D eigenvalue weighted by Crippen LogP contribution is 2.44. The van der Waals surface area contributed by atoms with E-state index in [0.29, 0.717) is 5.16 Å². The average Bonchev–Trinajstić information content (AvgIpc) is 3.31. The molecule has 0 bridgehead atoms. The van der Waals surface area contributed by atoms with Crippen LogP contribution in [0.4, 0.5) is 11.4 Å². The summed E-state index contributed by atoms with van der Waals surface area (Å²) in [6, 6.07) is 24.6. The van der Waals surface area contributed by atoms with E-state index >= 15 is 0 Å². The molecule has 1 fully saturated rings. The second-order valence-corrected chi connectivity index (χ2v) is 9.78. The molecule has 0 atom stereocenters. The van der Waals surface area contributed by atoms with E-state index in [9.17, 15) is 5.11 Å². The van der Waals surface area contributed by atoms with Crippen LogP contribution in [0.3, 0.4) is 0 Å². The van der Waals surface area contributed by atoms with Gasteiger partial charge in [0.2, 0.25) is 0 Å². The quantitative estimate of drug-likeness (QED) is 0.359. The van der Waals surface area contributed by atoms with Crippen molar-refractivity contribution < 1.29 is 5.11 Å². The second kappa shape index (κ2) is 9.54. The number of piperazine rings is 1. The molecule has 3 aromatic carbocycles. The molecule has 0 saturated carbocycles. The Morgan fingerprint density at radius 3 is 2.19 bits per heavy atom. The van der Waals surface area contributed by atoms with Gasteiger partial charge < -0.3 is 19.5 Å². The van der Waals surface area contributed by atoms with E-state index in [1.54, 1.807) is 12.4 Å². The Bertz CT molecular complexity index is 1500. The lowest BCUT2D eigenvalue weighted by atomic mass is 10.1. The van der Waals surface area contributed by atoms with Gasteiger partial charge in [-0.25, -0.2) is 0 Å². The Morgan fingerprint density at radius 2 is 1.44 bits per heavy atom. The van der Waals surface area contributed by atoms with Gasteiger partial charge in [-0.15, -0.1) is 10.2 Å². The summed E-state index contributed by atoms with van der Waals surface area (Å²) in [7, 11) is 1.94. The molecule has 0 amide bonds. The molecule has 0 unspecified atom stereocenters. The number of hydrogen-bond acceptors (Lipinski definition) is 7. The predicted molar refractivity (Wildman–Crippen MR) is 145 cm³/mol. The van der Waals surface area contributed by atoms with Crippen molar-refractivity contribution >= 4 is 33.9 Å². The van der Waals surface area contributed by atoms with E-state index in [1.165, 1.54) is 17.4 Å². The molecular formula is C28H26N6OS. The molecule has 0 radical (unpaired) electrons. The third kappa shape index (κ3) is 4.13. The Morgan fingerprint density at radius 1 is 0.778 bits per heavy atom. The van der Waals surface area contributed by atoms with Crippen LogP contribution in [0, 0.1) is 0 Å². The van der Waals surface area contributed by atoms with Crippen molar-refractivity contribution in [1.82, 2.24) is 19.7 Å². The predicted octanol–water partition coefficient (Wildman–Crippen LogP) is 5.21. The SMILES string of the molecule is Cn1c(Sc2c(O)cc(N3CCN(c4ccccc4)CC3)c3ccccc23)nnc1-c1ccncc1. The Balaban J connectivity index is 1.30. The summed E-state index contributed by atoms with van der Waals surface area (Å²) in [5.74, 6) is 1.02. The summed E-state index contributed by atoms with van der Waals surface area (Å²) in [4.78, 5) is 9.66. The number of fused-ring (bicyclic) bond motifs is 1. The molecule has 5 aromatic rings. The number of anilines is 2. The topological polar surface area (TPSA) is 70.3 Å². The highest BCUT2D eigenvalue weighted by Gasteiger charge is 2.23. The largest absolute Gasteiger partial charge is 0.507 e. The Kier molecular flexibility index (Phi) is 5.95. The summed E-state index contributed by atoms with van der Waals surface area (Å²) in [5, 5.41) is 22.9. The fraction of sp³-hybridized carbons (Fsp3) is 0.179. The van der Waals surface area contributed by atoms with Gasteiger partial charge in [-0.1, -0.05) is 42.5 Å². The molecule has 1 aliphatic rings. The summed E-state index contributed by atoms with van der Waals surface area (Å²) >= 11 is 1.44. The van der Waals surface area contributed by atoms with Gasteiger partial charge in [0.25, 0.3) is 0 Å². The molecule has 36 heavy (non-hydrogen) atoms. The van der Waals surface area contributed by atoms with Crippen LogP contribution in [-0.4, -0.2) is 51.0 Å². The average molecular weight is 495 g/mol. The molecule has 6 rings (SSSR count). The highest BCUT2D eigenvalue weighted by atomic mass is 32.2. The van der Waals surface area contributed by atoms with Gasteiger partial charge in [0.05, 0.1) is 4.90 Å². The van der Waals surface area contributed by atoms with E-state index in [4.69, 9.17) is 0 Å². The number of hydrogen-bond donors (Lipinski definition) is 1. The summed E-state index contributed by atoms with van der Waals surface area (Å²) < 4.78 is 1.95. The number of nitrogens with zero attached hydrogens (tertiary/aromatic N) is 6. The monoisotopic (exact) mass is 494 g/mol. The number of rotatable bonds is 5. The number of benzene rings is 3. The minimum atomic E-state index is 0.257. The van der Waals surface area contributed by atoms with Gasteiger partial charge in [-0.3, -0.25) is 4.98 Å². The first-order valence-corrected chi connectivity index (χ1v) is 12.8. The molecule has 1 saturated heterocycles. The van der Waals surface area contributed by atoms with Gasteiger partial charge in [-0.05, 0) is 36.0 Å². The molecule has 180 valence electrons. The third-order valence-corrected chi connectivity index (χ3v) is 7.83. The number of para-hydroxylation sites is 1. The van der Waals surface area contributed by atoms with Crippen molar-refractivity contribution in [3.05, 3.63) is 85.2 Å². The van der Waals surface area contributed by atoms with Crippen LogP contribution in [0.5, 0.6) is 5.75 Å². The maximum Gasteiger partial charge on any atom is 0.196 e. The van der Waals surface area contributed by atoms with E-state index in [-0.39, 0.29) is 5.75 Å². The maximum atomic E-state index is 11.2. The van der Waals surface area contributed by atoms with Crippen LogP contribution in [0.25, 0.3) is 22.2 Å². The molecule has 0 aliphatic carbocycles. The molecule has 8 heteroatoms. The standard InChI is InChI=1S/C28H26N6OS/c1-32-27(20-11-13-29-14-12-20)30-31-28(32)36-26-23-10-6-5-9-22(23)24(19-25(26)35)34-17-15-33(16-18-34)21-7-3-2-4-8-21/h2-14,19,35H,15-18H2,1H3. The summed E-state index contributed by atoms with van der Waals surface area (Å²) in [5.41, 5.74) is 3.27. The number of phenols is 1. The first-order chi connectivity index (χ1) is 17.7. The smallest absolute Gasteiger partial charge is 0.196 e. The number of aromatic hydroxyl groups is 1. The summed E-state index contributed by atoms with van der Waals surface area (Å²) in [6.45, 7) is 3.66. The van der Waals surface area contributed by atoms with E-state index in [1.807, 2.05) is 35.9 Å². The third-order valence-electron chi connectivity index (χ3n) is 6.66. The van der Waals surface area contributed by atoms with Crippen LogP contribution in [0.2, 0.25) is 0 Å². The molecule has 7 nitrogen and oxygen atoms in total. The lowest BCUT2D eigenvalue weighted by Gasteiger charge is -2.38. The fourth-order valence-electron chi connectivity index (χ4n) is 4.78. The zero-order valence-corrected chi connectivity index (χ0v) is 20.8. The van der Waals surface area contributed by atoms with Gasteiger partial charge >= 0.3 is 0 Å². The molecule has 0 spiro atoms. The van der Waals surface area contributed by atoms with Gasteiger partial charge in [0.1, 0.15) is 5.75 Å². The highest BCUT2D eigenvalue weighted by molar-refractivity contribution is 7.99. The lowest BCUT2D eigenvalue weighted by Crippen LogP contribution is -2.46. The first kappa shape index (κ1) is 22.4. The second-order valence-electron chi connectivity index (χ2n) is 8.80. The van der Waals surface area contributed by atoms with E-state index in [0.717, 1.165) is 58.9 Å². The zero-order valence-electron chi connectivity index (χ0n) is 20.0. The Labute approximate surface area is 214 Å². The van der Waals surface area contributed by atoms with Crippen LogP contribution in [0.1, 0.15) is 0 Å². The Hall–Kier alpha value is -4.04. The molecule has 1 N–H and O–H groups in total. The first-order valence-electron chi connectivity index (χ1n) is 12.0. The van der Waals surface area contributed by atoms with Crippen LogP contribution < -0.4 is 9.80 Å². The molecule has 3 heterocycles. The van der Waals surface area contributed by atoms with Crippen molar-refractivity contribution in [1.29, 1.82) is 0 Å². The van der Waals surface area contributed by atoms with Crippen molar-refractivity contribution in [3.63, 3.8) is 0 Å². The van der Waals surface area contributed by atoms with Gasteiger partial charge in [0, 0.05) is 79.4 Å². The van der Waals surface area contributed by atoms with E-state index < -0.39 is 0 Å². The number of pyridine rings is 1. The normalized spacial score (nSPS) is 13.9. The molecule has 1 aliphatic heterocycles. The van der Waals surface area contributed by atoms with E-state index in [2.05, 4.69) is 73.5 Å². The number of aromatic nitrogens is 4. The summed E-state index contributed by atoms with van der Waals surface area (Å²) in [6.07, 6.45) is 3.49. The fourth-order valence-corrected chi connectivity index (χ4v) is 5.72. The maximum absolute atomic E-state index is 11.2. The van der Waals surface area contributed by atoms with Crippen molar-refractivity contribution in [2.45, 2.75) is 10.1 Å². The van der Waals surface area contributed by atoms with Gasteiger partial charge in [-0.2, -0.15) is 0 Å². The van der Waals surface area contributed by atoms with Crippen molar-refractivity contribution in [3.8, 4) is 17.1 Å². The number of phenolic OH excluding ortho intramolecular Hbond substituents is 1. The zero-order chi connectivity index (χ0) is 24.5. The van der Waals surface area contributed by atoms with Crippen molar-refractivity contribution in [2.75, 3.05) is 36.0 Å². The van der Waals surface area contributed by atoms with Gasteiger partial charge in [0.15, 0.2) is 11.0 Å². The minimum absolute atomic E-state index is 0.257. The molecule has 2 aromatic heterocycles. The molecular weight excluding hydrogens is 468 g/mol. The van der Waals surface area contributed by atoms with Crippen LogP contribution >= 0.6 is 11.8 Å². The van der Waals surface area contributed by atoms with Crippen molar-refractivity contribution in [2.24, 2.45) is 7.05 Å².